The molecule has 7 nitrogen and oxygen atoms in total. The highest BCUT2D eigenvalue weighted by atomic mass is 16.5. The molecule has 88 valence electrons. The molecule has 0 amide bonds. The highest BCUT2D eigenvalue weighted by molar-refractivity contribution is 5.40. The summed E-state index contributed by atoms with van der Waals surface area (Å²) in [5.74, 6) is 6.02. The molecule has 17 heavy (non-hydrogen) atoms. The standard InChI is InChI=1S/C10H11N5O2/c1-16-9-8(5-3-4-6-13-15-11)7-12-10(14-9)17-2/h7H,4,6H2,1-2H3. The Labute approximate surface area is 98.4 Å². The van der Waals surface area contributed by atoms with Crippen molar-refractivity contribution in [1.82, 2.24) is 9.97 Å². The SMILES string of the molecule is COc1ncc(C#CCCN=[N+]=[N-])c(OC)n1. The number of nitrogens with zero attached hydrogens (tertiary/aromatic N) is 5. The Bertz CT molecular complexity index is 485. The molecule has 7 heteroatoms. The van der Waals surface area contributed by atoms with Crippen LogP contribution >= 0.6 is 0 Å². The number of hydrogen-bond donors (Lipinski definition) is 0. The van der Waals surface area contributed by atoms with Crippen LogP contribution in [0.5, 0.6) is 11.9 Å². The van der Waals surface area contributed by atoms with Gasteiger partial charge in [0.15, 0.2) is 0 Å². The molecule has 1 aromatic heterocycles. The van der Waals surface area contributed by atoms with Crippen molar-refractivity contribution in [2.75, 3.05) is 20.8 Å². The van der Waals surface area contributed by atoms with Crippen LogP contribution in [0.4, 0.5) is 0 Å². The zero-order valence-electron chi connectivity index (χ0n) is 9.54. The Morgan fingerprint density at radius 3 is 2.94 bits per heavy atom. The number of hydrogen-bond acceptors (Lipinski definition) is 5. The molecule has 0 saturated heterocycles. The predicted molar refractivity (Wildman–Crippen MR) is 60.6 cm³/mol. The van der Waals surface area contributed by atoms with Crippen LogP contribution in [0.15, 0.2) is 11.3 Å². The molecule has 0 atom stereocenters. The minimum absolute atomic E-state index is 0.224. The summed E-state index contributed by atoms with van der Waals surface area (Å²) in [6.45, 7) is 0.336. The molecule has 0 fully saturated rings. The third-order valence-corrected chi connectivity index (χ3v) is 1.73. The fourth-order valence-electron chi connectivity index (χ4n) is 0.999. The van der Waals surface area contributed by atoms with Gasteiger partial charge in [-0.25, -0.2) is 4.98 Å². The molecule has 0 unspecified atom stereocenters. The van der Waals surface area contributed by atoms with Crippen LogP contribution in [0, 0.1) is 11.8 Å². The van der Waals surface area contributed by atoms with Crippen molar-refractivity contribution in [3.8, 4) is 23.7 Å². The number of rotatable bonds is 4. The van der Waals surface area contributed by atoms with Gasteiger partial charge in [0.05, 0.1) is 20.4 Å². The average Bonchev–Trinajstić information content (AvgIpc) is 2.38. The van der Waals surface area contributed by atoms with Crippen molar-refractivity contribution >= 4 is 0 Å². The van der Waals surface area contributed by atoms with Gasteiger partial charge in [-0.05, 0) is 5.53 Å². The van der Waals surface area contributed by atoms with Gasteiger partial charge in [0.1, 0.15) is 5.56 Å². The van der Waals surface area contributed by atoms with Crippen molar-refractivity contribution in [2.45, 2.75) is 6.42 Å². The Morgan fingerprint density at radius 1 is 1.47 bits per heavy atom. The first-order chi connectivity index (χ1) is 8.31. The van der Waals surface area contributed by atoms with Crippen molar-refractivity contribution in [3.63, 3.8) is 0 Å². The minimum atomic E-state index is 0.224. The summed E-state index contributed by atoms with van der Waals surface area (Å²) in [6, 6.07) is 0.224. The Kier molecular flexibility index (Phi) is 5.14. The predicted octanol–water partition coefficient (Wildman–Crippen LogP) is 1.55. The average molecular weight is 233 g/mol. The van der Waals surface area contributed by atoms with Crippen LogP contribution in [0.25, 0.3) is 10.4 Å². The molecule has 0 spiro atoms. The molecule has 0 aliphatic rings. The second kappa shape index (κ2) is 6.93. The summed E-state index contributed by atoms with van der Waals surface area (Å²) >= 11 is 0. The highest BCUT2D eigenvalue weighted by Crippen LogP contribution is 2.15. The largest absolute Gasteiger partial charge is 0.480 e. The van der Waals surface area contributed by atoms with Gasteiger partial charge in [0, 0.05) is 17.9 Å². The van der Waals surface area contributed by atoms with E-state index in [-0.39, 0.29) is 6.01 Å². The summed E-state index contributed by atoms with van der Waals surface area (Å²) in [5, 5.41) is 3.37. The number of azide groups is 1. The van der Waals surface area contributed by atoms with Crippen LogP contribution in [-0.2, 0) is 0 Å². The summed E-state index contributed by atoms with van der Waals surface area (Å²) in [5.41, 5.74) is 8.64. The Hall–Kier alpha value is -2.45. The molecule has 0 radical (unpaired) electrons. The summed E-state index contributed by atoms with van der Waals surface area (Å²) < 4.78 is 9.91. The van der Waals surface area contributed by atoms with Crippen molar-refractivity contribution in [3.05, 3.63) is 22.2 Å². The molecule has 1 rings (SSSR count). The van der Waals surface area contributed by atoms with E-state index in [0.717, 1.165) is 0 Å². The van der Waals surface area contributed by atoms with Gasteiger partial charge in [-0.15, -0.1) is 0 Å². The van der Waals surface area contributed by atoms with E-state index in [1.54, 1.807) is 0 Å². The van der Waals surface area contributed by atoms with Gasteiger partial charge in [0.2, 0.25) is 5.88 Å². The maximum atomic E-state index is 8.08. The summed E-state index contributed by atoms with van der Waals surface area (Å²) in [6.07, 6.45) is 1.99. The van der Waals surface area contributed by atoms with Crippen molar-refractivity contribution in [1.29, 1.82) is 0 Å². The van der Waals surface area contributed by atoms with E-state index in [4.69, 9.17) is 15.0 Å². The van der Waals surface area contributed by atoms with E-state index < -0.39 is 0 Å². The fraction of sp³-hybridized carbons (Fsp3) is 0.400. The van der Waals surface area contributed by atoms with E-state index in [2.05, 4.69) is 31.8 Å². The van der Waals surface area contributed by atoms with Gasteiger partial charge >= 0.3 is 6.01 Å². The van der Waals surface area contributed by atoms with E-state index in [9.17, 15) is 0 Å². The smallest absolute Gasteiger partial charge is 0.319 e. The number of aromatic nitrogens is 2. The maximum absolute atomic E-state index is 8.08. The zero-order chi connectivity index (χ0) is 12.5. The summed E-state index contributed by atoms with van der Waals surface area (Å²) in [4.78, 5) is 10.5. The van der Waals surface area contributed by atoms with Crippen LogP contribution in [0.3, 0.4) is 0 Å². The lowest BCUT2D eigenvalue weighted by Crippen LogP contribution is -1.97. The van der Waals surface area contributed by atoms with Crippen LogP contribution in [0.1, 0.15) is 12.0 Å². The van der Waals surface area contributed by atoms with E-state index in [1.807, 2.05) is 0 Å². The first kappa shape index (κ1) is 12.6. The molecule has 0 aromatic carbocycles. The highest BCUT2D eigenvalue weighted by Gasteiger charge is 2.04. The lowest BCUT2D eigenvalue weighted by atomic mass is 10.3. The quantitative estimate of drug-likeness (QED) is 0.259. The molecule has 0 N–H and O–H groups in total. The van der Waals surface area contributed by atoms with Crippen LogP contribution in [-0.4, -0.2) is 30.7 Å². The molecule has 0 bridgehead atoms. The fourth-order valence-corrected chi connectivity index (χ4v) is 0.999. The molecule has 1 heterocycles. The van der Waals surface area contributed by atoms with Gasteiger partial charge in [-0.2, -0.15) is 4.98 Å². The first-order valence-electron chi connectivity index (χ1n) is 4.76. The second-order valence-electron chi connectivity index (χ2n) is 2.79. The Morgan fingerprint density at radius 2 is 2.29 bits per heavy atom. The van der Waals surface area contributed by atoms with E-state index in [1.165, 1.54) is 20.4 Å². The second-order valence-corrected chi connectivity index (χ2v) is 2.79. The lowest BCUT2D eigenvalue weighted by molar-refractivity contribution is 0.351. The number of methoxy groups -OCH3 is 2. The molecule has 0 aliphatic carbocycles. The molecular weight excluding hydrogens is 222 g/mol. The third-order valence-electron chi connectivity index (χ3n) is 1.73. The normalized spacial score (nSPS) is 8.59. The third kappa shape index (κ3) is 3.89. The monoisotopic (exact) mass is 233 g/mol. The molecule has 0 saturated carbocycles. The van der Waals surface area contributed by atoms with Gasteiger partial charge in [-0.1, -0.05) is 17.0 Å². The van der Waals surface area contributed by atoms with E-state index in [0.29, 0.717) is 24.4 Å². The number of ether oxygens (including phenoxy) is 2. The zero-order valence-corrected chi connectivity index (χ0v) is 9.54. The van der Waals surface area contributed by atoms with Crippen molar-refractivity contribution < 1.29 is 9.47 Å². The van der Waals surface area contributed by atoms with Gasteiger partial charge in [-0.3, -0.25) is 0 Å². The molecular formula is C10H11N5O2. The maximum Gasteiger partial charge on any atom is 0.319 e. The molecule has 1 aromatic rings. The van der Waals surface area contributed by atoms with Crippen LogP contribution in [0.2, 0.25) is 0 Å². The molecule has 0 aliphatic heterocycles. The lowest BCUT2D eigenvalue weighted by Gasteiger charge is -2.02. The van der Waals surface area contributed by atoms with Gasteiger partial charge < -0.3 is 9.47 Å². The summed E-state index contributed by atoms with van der Waals surface area (Å²) in [7, 11) is 2.97. The van der Waals surface area contributed by atoms with Crippen molar-refractivity contribution in [2.24, 2.45) is 5.11 Å². The minimum Gasteiger partial charge on any atom is -0.480 e. The topological polar surface area (TPSA) is 93.0 Å². The van der Waals surface area contributed by atoms with E-state index >= 15 is 0 Å². The first-order valence-corrected chi connectivity index (χ1v) is 4.76. The van der Waals surface area contributed by atoms with Crippen LogP contribution < -0.4 is 9.47 Å². The Balaban J connectivity index is 2.79. The van der Waals surface area contributed by atoms with Gasteiger partial charge in [0.25, 0.3) is 0 Å².